The summed E-state index contributed by atoms with van der Waals surface area (Å²) < 4.78 is 5.34. The Morgan fingerprint density at radius 2 is 2.14 bits per heavy atom. The monoisotopic (exact) mass is 196 g/mol. The second kappa shape index (κ2) is 7.36. The molecule has 0 aliphatic rings. The molecule has 0 saturated carbocycles. The zero-order chi connectivity index (χ0) is 11.0. The Morgan fingerprint density at radius 3 is 2.64 bits per heavy atom. The summed E-state index contributed by atoms with van der Waals surface area (Å²) in [5.41, 5.74) is 0.638. The van der Waals surface area contributed by atoms with Crippen LogP contribution in [0.5, 0.6) is 0 Å². The molecule has 0 spiro atoms. The first-order valence-corrected chi connectivity index (χ1v) is 5.01. The van der Waals surface area contributed by atoms with E-state index in [-0.39, 0.29) is 0 Å². The van der Waals surface area contributed by atoms with Crippen LogP contribution in [-0.4, -0.2) is 12.9 Å². The Kier molecular flexibility index (Phi) is 6.81. The molecule has 2 heteroatoms. The average Bonchev–Trinajstić information content (AvgIpc) is 2.12. The van der Waals surface area contributed by atoms with E-state index in [1.54, 1.807) is 13.0 Å². The maximum atomic E-state index is 10.3. The lowest BCUT2D eigenvalue weighted by molar-refractivity contribution is -0.104. The van der Waals surface area contributed by atoms with Gasteiger partial charge in [-0.3, -0.25) is 4.79 Å². The van der Waals surface area contributed by atoms with E-state index in [1.165, 1.54) is 0 Å². The lowest BCUT2D eigenvalue weighted by atomic mass is 10.1. The summed E-state index contributed by atoms with van der Waals surface area (Å²) in [5.74, 6) is 1.28. The van der Waals surface area contributed by atoms with Crippen molar-refractivity contribution in [1.82, 2.24) is 0 Å². The summed E-state index contributed by atoms with van der Waals surface area (Å²) >= 11 is 0. The fourth-order valence-electron chi connectivity index (χ4n) is 1.02. The van der Waals surface area contributed by atoms with Crippen molar-refractivity contribution in [3.63, 3.8) is 0 Å². The Hall–Kier alpha value is -1.05. The van der Waals surface area contributed by atoms with Crippen molar-refractivity contribution < 1.29 is 9.53 Å². The van der Waals surface area contributed by atoms with Crippen LogP contribution in [0.4, 0.5) is 0 Å². The van der Waals surface area contributed by atoms with Crippen LogP contribution in [-0.2, 0) is 9.53 Å². The lowest BCUT2D eigenvalue weighted by Gasteiger charge is -2.07. The highest BCUT2D eigenvalue weighted by atomic mass is 16.5. The average molecular weight is 196 g/mol. The largest absolute Gasteiger partial charge is 0.494 e. The third-order valence-corrected chi connectivity index (χ3v) is 1.79. The second-order valence-corrected chi connectivity index (χ2v) is 3.86. The van der Waals surface area contributed by atoms with Crippen molar-refractivity contribution in [2.75, 3.05) is 6.61 Å². The van der Waals surface area contributed by atoms with Gasteiger partial charge in [-0.05, 0) is 37.3 Å². The minimum absolute atomic E-state index is 0.568. The summed E-state index contributed by atoms with van der Waals surface area (Å²) in [5, 5.41) is 0. The van der Waals surface area contributed by atoms with E-state index in [9.17, 15) is 4.79 Å². The van der Waals surface area contributed by atoms with Crippen molar-refractivity contribution in [1.29, 1.82) is 0 Å². The van der Waals surface area contributed by atoms with Crippen molar-refractivity contribution in [2.45, 2.75) is 33.6 Å². The van der Waals surface area contributed by atoms with Crippen LogP contribution in [0.15, 0.2) is 24.0 Å². The van der Waals surface area contributed by atoms with Crippen LogP contribution < -0.4 is 0 Å². The standard InChI is InChI=1S/C12H20O2/c1-10(2)6-5-7-14-12(4)8-11(3)9-13/h8-10H,4-7H2,1-3H3. The van der Waals surface area contributed by atoms with Crippen LogP contribution >= 0.6 is 0 Å². The second-order valence-electron chi connectivity index (χ2n) is 3.86. The number of hydrogen-bond donors (Lipinski definition) is 0. The molecule has 0 rings (SSSR count). The van der Waals surface area contributed by atoms with Crippen molar-refractivity contribution in [3.05, 3.63) is 24.0 Å². The number of carbonyl (C=O) groups excluding carboxylic acids is 1. The first kappa shape index (κ1) is 12.9. The molecule has 2 nitrogen and oxygen atoms in total. The van der Waals surface area contributed by atoms with E-state index in [0.717, 1.165) is 19.1 Å². The van der Waals surface area contributed by atoms with Crippen LogP contribution in [0.25, 0.3) is 0 Å². The van der Waals surface area contributed by atoms with Gasteiger partial charge in [0.1, 0.15) is 12.0 Å². The molecule has 0 heterocycles. The molecule has 0 N–H and O–H groups in total. The quantitative estimate of drug-likeness (QED) is 0.206. The summed E-state index contributed by atoms with van der Waals surface area (Å²) in [6.45, 7) is 10.5. The molecule has 0 unspecified atom stereocenters. The van der Waals surface area contributed by atoms with E-state index in [4.69, 9.17) is 4.74 Å². The molecule has 0 bridgehead atoms. The van der Waals surface area contributed by atoms with Gasteiger partial charge >= 0.3 is 0 Å². The lowest BCUT2D eigenvalue weighted by Crippen LogP contribution is -1.96. The normalized spacial score (nSPS) is 11.6. The van der Waals surface area contributed by atoms with Gasteiger partial charge in [-0.15, -0.1) is 0 Å². The SMILES string of the molecule is C=C(C=C(C)C=O)OCCCC(C)C. The molecule has 0 aliphatic carbocycles. The van der Waals surface area contributed by atoms with Gasteiger partial charge in [0.2, 0.25) is 0 Å². The van der Waals surface area contributed by atoms with Crippen LogP contribution in [0, 0.1) is 5.92 Å². The molecule has 0 fully saturated rings. The molecular weight excluding hydrogens is 176 g/mol. The Balaban J connectivity index is 3.60. The topological polar surface area (TPSA) is 26.3 Å². The van der Waals surface area contributed by atoms with Gasteiger partial charge in [-0.2, -0.15) is 0 Å². The van der Waals surface area contributed by atoms with Crippen molar-refractivity contribution in [2.24, 2.45) is 5.92 Å². The molecule has 0 amide bonds. The van der Waals surface area contributed by atoms with Gasteiger partial charge in [0.25, 0.3) is 0 Å². The predicted octanol–water partition coefficient (Wildman–Crippen LogP) is 3.10. The van der Waals surface area contributed by atoms with Gasteiger partial charge in [0.05, 0.1) is 6.61 Å². The summed E-state index contributed by atoms with van der Waals surface area (Å²) in [7, 11) is 0. The van der Waals surface area contributed by atoms with E-state index in [0.29, 0.717) is 23.9 Å². The van der Waals surface area contributed by atoms with Crippen LogP contribution in [0.1, 0.15) is 33.6 Å². The maximum absolute atomic E-state index is 10.3. The van der Waals surface area contributed by atoms with Crippen LogP contribution in [0.2, 0.25) is 0 Å². The fraction of sp³-hybridized carbons (Fsp3) is 0.583. The Labute approximate surface area is 86.6 Å². The molecule has 0 radical (unpaired) electrons. The number of allylic oxidation sites excluding steroid dienone is 2. The molecule has 0 saturated heterocycles. The van der Waals surface area contributed by atoms with E-state index in [2.05, 4.69) is 20.4 Å². The number of hydrogen-bond acceptors (Lipinski definition) is 2. The number of carbonyl (C=O) groups is 1. The minimum atomic E-state index is 0.568. The van der Waals surface area contributed by atoms with Gasteiger partial charge in [-0.25, -0.2) is 0 Å². The van der Waals surface area contributed by atoms with Crippen molar-refractivity contribution >= 4 is 6.29 Å². The third kappa shape index (κ3) is 7.59. The maximum Gasteiger partial charge on any atom is 0.145 e. The molecule has 80 valence electrons. The highest BCUT2D eigenvalue weighted by molar-refractivity contribution is 5.72. The van der Waals surface area contributed by atoms with Gasteiger partial charge in [0, 0.05) is 0 Å². The van der Waals surface area contributed by atoms with Crippen LogP contribution in [0.3, 0.4) is 0 Å². The predicted molar refractivity (Wildman–Crippen MR) is 59.0 cm³/mol. The minimum Gasteiger partial charge on any atom is -0.494 e. The molecular formula is C12H20O2. The molecule has 0 aliphatic heterocycles. The Bertz CT molecular complexity index is 214. The molecule has 0 atom stereocenters. The van der Waals surface area contributed by atoms with E-state index >= 15 is 0 Å². The van der Waals surface area contributed by atoms with Gasteiger partial charge < -0.3 is 4.74 Å². The van der Waals surface area contributed by atoms with Gasteiger partial charge in [-0.1, -0.05) is 20.4 Å². The highest BCUT2D eigenvalue weighted by Gasteiger charge is 1.95. The first-order valence-electron chi connectivity index (χ1n) is 5.01. The van der Waals surface area contributed by atoms with Crippen molar-refractivity contribution in [3.8, 4) is 0 Å². The molecule has 14 heavy (non-hydrogen) atoms. The zero-order valence-corrected chi connectivity index (χ0v) is 9.38. The number of aldehydes is 1. The summed E-state index contributed by atoms with van der Waals surface area (Å²) in [6.07, 6.45) is 4.64. The van der Waals surface area contributed by atoms with E-state index in [1.807, 2.05) is 0 Å². The summed E-state index contributed by atoms with van der Waals surface area (Å²) in [4.78, 5) is 10.3. The zero-order valence-electron chi connectivity index (χ0n) is 9.38. The fourth-order valence-corrected chi connectivity index (χ4v) is 1.02. The summed E-state index contributed by atoms with van der Waals surface area (Å²) in [6, 6.07) is 0. The number of ether oxygens (including phenoxy) is 1. The smallest absolute Gasteiger partial charge is 0.145 e. The van der Waals surface area contributed by atoms with E-state index < -0.39 is 0 Å². The third-order valence-electron chi connectivity index (χ3n) is 1.79. The highest BCUT2D eigenvalue weighted by Crippen LogP contribution is 2.06. The Morgan fingerprint density at radius 1 is 1.50 bits per heavy atom. The molecule has 0 aromatic heterocycles. The first-order chi connectivity index (χ1) is 6.56. The molecule has 0 aromatic rings. The molecule has 0 aromatic carbocycles. The number of rotatable bonds is 7. The van der Waals surface area contributed by atoms with Gasteiger partial charge in [0.15, 0.2) is 0 Å².